The molecule has 0 spiro atoms. The maximum atomic E-state index is 13.1. The van der Waals surface area contributed by atoms with E-state index in [-0.39, 0.29) is 35.6 Å². The number of hydrogen-bond acceptors (Lipinski definition) is 7. The highest BCUT2D eigenvalue weighted by molar-refractivity contribution is 6.05. The second-order valence-corrected chi connectivity index (χ2v) is 8.04. The summed E-state index contributed by atoms with van der Waals surface area (Å²) in [6, 6.07) is 6.95. The van der Waals surface area contributed by atoms with E-state index >= 15 is 0 Å². The average molecular weight is 454 g/mol. The largest absolute Gasteiger partial charge is 0.492 e. The molecule has 1 atom stereocenters. The molecule has 11 nitrogen and oxygen atoms in total. The second-order valence-electron chi connectivity index (χ2n) is 8.04. The zero-order valence-corrected chi connectivity index (χ0v) is 18.2. The molecule has 0 radical (unpaired) electrons. The highest BCUT2D eigenvalue weighted by atomic mass is 16.5. The summed E-state index contributed by atoms with van der Waals surface area (Å²) in [5.41, 5.74) is 5.45. The molecule has 11 heteroatoms. The van der Waals surface area contributed by atoms with Gasteiger partial charge in [-0.15, -0.1) is 0 Å². The molecule has 5 N–H and O–H groups in total. The molecule has 1 aromatic carbocycles. The van der Waals surface area contributed by atoms with Crippen molar-refractivity contribution in [2.45, 2.75) is 32.1 Å². The van der Waals surface area contributed by atoms with E-state index in [4.69, 9.17) is 10.5 Å². The Balaban J connectivity index is 1.59. The fraction of sp³-hybridized carbons (Fsp3) is 0.409. The first-order valence-electron chi connectivity index (χ1n) is 10.9. The predicted molar refractivity (Wildman–Crippen MR) is 121 cm³/mol. The number of rotatable bonds is 6. The number of fused-ring (bicyclic) bond motifs is 1. The number of carbonyl (C=O) groups excluding carboxylic acids is 3. The van der Waals surface area contributed by atoms with Crippen LogP contribution in [0.5, 0.6) is 5.75 Å². The summed E-state index contributed by atoms with van der Waals surface area (Å²) in [4.78, 5) is 58.8. The van der Waals surface area contributed by atoms with E-state index < -0.39 is 23.3 Å². The average Bonchev–Trinajstić information content (AvgIpc) is 2.79. The van der Waals surface area contributed by atoms with Crippen molar-refractivity contribution in [2.75, 3.05) is 35.2 Å². The minimum Gasteiger partial charge on any atom is -0.492 e. The summed E-state index contributed by atoms with van der Waals surface area (Å²) in [7, 11) is 0. The maximum Gasteiger partial charge on any atom is 0.258 e. The second kappa shape index (κ2) is 9.31. The lowest BCUT2D eigenvalue weighted by Crippen LogP contribution is -2.41. The van der Waals surface area contributed by atoms with Crippen LogP contribution in [-0.4, -0.2) is 47.4 Å². The third-order valence-corrected chi connectivity index (χ3v) is 5.90. The van der Waals surface area contributed by atoms with Crippen molar-refractivity contribution < 1.29 is 19.1 Å². The number of para-hydroxylation sites is 2. The van der Waals surface area contributed by atoms with E-state index in [9.17, 15) is 19.2 Å². The van der Waals surface area contributed by atoms with Crippen molar-refractivity contribution >= 4 is 35.2 Å². The third kappa shape index (κ3) is 4.66. The predicted octanol–water partition coefficient (Wildman–Crippen LogP) is 0.935. The number of amides is 3. The summed E-state index contributed by atoms with van der Waals surface area (Å²) in [6.07, 6.45) is 0.920. The number of carbonyl (C=O) groups is 3. The van der Waals surface area contributed by atoms with E-state index in [1.54, 1.807) is 24.3 Å². The number of benzene rings is 1. The number of anilines is 3. The van der Waals surface area contributed by atoms with Crippen molar-refractivity contribution in [3.8, 4) is 5.75 Å². The minimum absolute atomic E-state index is 0.0697. The first-order valence-corrected chi connectivity index (χ1v) is 10.9. The molecule has 2 aromatic rings. The maximum absolute atomic E-state index is 13.1. The lowest BCUT2D eigenvalue weighted by Gasteiger charge is -2.32. The minimum atomic E-state index is -1.01. The van der Waals surface area contributed by atoms with Crippen molar-refractivity contribution in [3.05, 3.63) is 40.2 Å². The summed E-state index contributed by atoms with van der Waals surface area (Å²) in [5, 5.41) is 5.38. The molecule has 33 heavy (non-hydrogen) atoms. The number of aromatic amines is 1. The zero-order valence-electron chi connectivity index (χ0n) is 18.2. The number of primary amides is 1. The van der Waals surface area contributed by atoms with Gasteiger partial charge in [-0.05, 0) is 31.9 Å². The molecule has 2 aliphatic rings. The van der Waals surface area contributed by atoms with Gasteiger partial charge in [0, 0.05) is 25.4 Å². The van der Waals surface area contributed by atoms with Gasteiger partial charge >= 0.3 is 0 Å². The Morgan fingerprint density at radius 1 is 1.24 bits per heavy atom. The van der Waals surface area contributed by atoms with Crippen LogP contribution in [0.15, 0.2) is 29.1 Å². The quantitative estimate of drug-likeness (QED) is 0.505. The Bertz CT molecular complexity index is 1140. The van der Waals surface area contributed by atoms with Gasteiger partial charge in [0.15, 0.2) is 0 Å². The van der Waals surface area contributed by atoms with Crippen LogP contribution >= 0.6 is 0 Å². The number of nitrogens with zero attached hydrogens (tertiary/aromatic N) is 2. The van der Waals surface area contributed by atoms with E-state index in [2.05, 4.69) is 20.6 Å². The topological polar surface area (TPSA) is 160 Å². The number of hydrogen-bond donors (Lipinski definition) is 4. The molecule has 2 aliphatic heterocycles. The summed E-state index contributed by atoms with van der Waals surface area (Å²) in [6.45, 7) is 3.23. The Kier molecular flexibility index (Phi) is 6.29. The molecule has 3 heterocycles. The number of nitrogens with one attached hydrogen (secondary N) is 3. The van der Waals surface area contributed by atoms with Gasteiger partial charge in [-0.2, -0.15) is 4.98 Å². The highest BCUT2D eigenvalue weighted by Gasteiger charge is 2.36. The SMILES string of the molecule is CCOc1ccccc1NC(=O)[C@@H]1CC(=O)Nc2nc(N3CCC(C(N)=O)CC3)[nH]c(=O)c21. The summed E-state index contributed by atoms with van der Waals surface area (Å²) in [5.74, 6) is -1.61. The van der Waals surface area contributed by atoms with Gasteiger partial charge in [-0.1, -0.05) is 12.1 Å². The van der Waals surface area contributed by atoms with Crippen molar-refractivity contribution in [3.63, 3.8) is 0 Å². The molecule has 0 bridgehead atoms. The standard InChI is InChI=1S/C22H26N6O5/c1-2-33-15-6-4-3-5-14(15)24-20(31)13-11-16(29)25-19-17(13)21(32)27-22(26-19)28-9-7-12(8-10-28)18(23)30/h3-6,12-13H,2,7-11H2,1H3,(H2,23,30)(H,24,31)(H2,25,26,27,29,32)/t13-/m1/s1. The van der Waals surface area contributed by atoms with E-state index in [1.165, 1.54) is 0 Å². The van der Waals surface area contributed by atoms with Crippen LogP contribution in [0.1, 0.15) is 37.7 Å². The van der Waals surface area contributed by atoms with Crippen LogP contribution in [0.4, 0.5) is 17.5 Å². The zero-order chi connectivity index (χ0) is 23.5. The van der Waals surface area contributed by atoms with Gasteiger partial charge in [-0.3, -0.25) is 24.2 Å². The number of piperidine rings is 1. The first kappa shape index (κ1) is 22.3. The lowest BCUT2D eigenvalue weighted by atomic mass is 9.92. The molecule has 1 saturated heterocycles. The Labute approximate surface area is 189 Å². The van der Waals surface area contributed by atoms with E-state index in [0.717, 1.165) is 0 Å². The van der Waals surface area contributed by atoms with Gasteiger partial charge in [0.05, 0.1) is 23.8 Å². The molecular formula is C22H26N6O5. The van der Waals surface area contributed by atoms with Gasteiger partial charge < -0.3 is 26.0 Å². The summed E-state index contributed by atoms with van der Waals surface area (Å²) < 4.78 is 5.54. The van der Waals surface area contributed by atoms with Crippen LogP contribution in [0.25, 0.3) is 0 Å². The highest BCUT2D eigenvalue weighted by Crippen LogP contribution is 2.32. The molecule has 1 fully saturated rings. The number of aromatic nitrogens is 2. The number of H-pyrrole nitrogens is 1. The van der Waals surface area contributed by atoms with E-state index in [0.29, 0.717) is 44.0 Å². The van der Waals surface area contributed by atoms with Crippen LogP contribution in [0, 0.1) is 5.92 Å². The van der Waals surface area contributed by atoms with Crippen molar-refractivity contribution in [1.29, 1.82) is 0 Å². The number of ether oxygens (including phenoxy) is 1. The fourth-order valence-corrected chi connectivity index (χ4v) is 4.18. The Hall–Kier alpha value is -3.89. The van der Waals surface area contributed by atoms with Crippen LogP contribution in [0.3, 0.4) is 0 Å². The van der Waals surface area contributed by atoms with E-state index in [1.807, 2.05) is 11.8 Å². The third-order valence-electron chi connectivity index (χ3n) is 5.90. The molecule has 174 valence electrons. The Morgan fingerprint density at radius 2 is 1.97 bits per heavy atom. The number of nitrogens with two attached hydrogens (primary N) is 1. The smallest absolute Gasteiger partial charge is 0.258 e. The molecule has 4 rings (SSSR count). The summed E-state index contributed by atoms with van der Waals surface area (Å²) >= 11 is 0. The first-order chi connectivity index (χ1) is 15.9. The monoisotopic (exact) mass is 454 g/mol. The lowest BCUT2D eigenvalue weighted by molar-refractivity contribution is -0.123. The molecular weight excluding hydrogens is 428 g/mol. The van der Waals surface area contributed by atoms with Gasteiger partial charge in [0.1, 0.15) is 11.6 Å². The van der Waals surface area contributed by atoms with Crippen LogP contribution in [-0.2, 0) is 14.4 Å². The van der Waals surface area contributed by atoms with Crippen molar-refractivity contribution in [2.24, 2.45) is 11.7 Å². The molecule has 3 amide bonds. The Morgan fingerprint density at radius 3 is 2.67 bits per heavy atom. The van der Waals surface area contributed by atoms with Crippen LogP contribution < -0.4 is 31.6 Å². The molecule has 0 saturated carbocycles. The van der Waals surface area contributed by atoms with Gasteiger partial charge in [-0.25, -0.2) is 0 Å². The normalized spacial score (nSPS) is 18.3. The molecule has 1 aromatic heterocycles. The van der Waals surface area contributed by atoms with Gasteiger partial charge in [0.2, 0.25) is 23.7 Å². The van der Waals surface area contributed by atoms with Crippen LogP contribution in [0.2, 0.25) is 0 Å². The molecule has 0 aliphatic carbocycles. The van der Waals surface area contributed by atoms with Gasteiger partial charge in [0.25, 0.3) is 5.56 Å². The fourth-order valence-electron chi connectivity index (χ4n) is 4.18. The van der Waals surface area contributed by atoms with Crippen molar-refractivity contribution in [1.82, 2.24) is 9.97 Å². The molecule has 0 unspecified atom stereocenters.